The minimum absolute atomic E-state index is 0.0540. The lowest BCUT2D eigenvalue weighted by Gasteiger charge is -2.12. The van der Waals surface area contributed by atoms with Crippen LogP contribution in [0.4, 0.5) is 0 Å². The molecule has 1 fully saturated rings. The lowest BCUT2D eigenvalue weighted by molar-refractivity contribution is -0.140. The highest BCUT2D eigenvalue weighted by molar-refractivity contribution is 6.09. The fourth-order valence-corrected chi connectivity index (χ4v) is 1.57. The summed E-state index contributed by atoms with van der Waals surface area (Å²) in [7, 11) is 0. The summed E-state index contributed by atoms with van der Waals surface area (Å²) < 4.78 is 4.79. The molecule has 3 N–H and O–H groups in total. The van der Waals surface area contributed by atoms with E-state index in [9.17, 15) is 14.4 Å². The summed E-state index contributed by atoms with van der Waals surface area (Å²) in [6.07, 6.45) is -0.0540. The van der Waals surface area contributed by atoms with Gasteiger partial charge < -0.3 is 10.5 Å². The predicted octanol–water partition coefficient (Wildman–Crippen LogP) is -0.555. The van der Waals surface area contributed by atoms with Gasteiger partial charge in [0.25, 0.3) is 0 Å². The van der Waals surface area contributed by atoms with Gasteiger partial charge in [-0.1, -0.05) is 0 Å². The van der Waals surface area contributed by atoms with Crippen LogP contribution >= 0.6 is 0 Å². The number of nitrogens with one attached hydrogen (secondary N) is 1. The Morgan fingerprint density at radius 2 is 2.19 bits per heavy atom. The fourth-order valence-electron chi connectivity index (χ4n) is 1.57. The minimum Gasteiger partial charge on any atom is -0.463 e. The molecule has 0 aromatic rings. The first-order valence-corrected chi connectivity index (χ1v) is 4.94. The zero-order chi connectivity index (χ0) is 12.3. The molecule has 88 valence electrons. The van der Waals surface area contributed by atoms with Crippen LogP contribution in [0, 0.1) is 5.92 Å². The van der Waals surface area contributed by atoms with Crippen molar-refractivity contribution in [3.05, 3.63) is 11.3 Å². The van der Waals surface area contributed by atoms with Crippen molar-refractivity contribution in [3.63, 3.8) is 0 Å². The number of carbonyl (C=O) groups is 3. The van der Waals surface area contributed by atoms with Crippen LogP contribution in [-0.2, 0) is 19.1 Å². The number of carbonyl (C=O) groups excluding carboxylic acids is 3. The lowest BCUT2D eigenvalue weighted by atomic mass is 9.96. The van der Waals surface area contributed by atoms with E-state index in [1.807, 2.05) is 0 Å². The Balaban J connectivity index is 2.97. The van der Waals surface area contributed by atoms with Crippen molar-refractivity contribution in [1.29, 1.82) is 0 Å². The van der Waals surface area contributed by atoms with Gasteiger partial charge in [0.05, 0.1) is 18.1 Å². The SMILES string of the molecule is CCOC(=O)/C(=C(/C)N)C1CC(=O)NC1=O. The van der Waals surface area contributed by atoms with Crippen molar-refractivity contribution in [1.82, 2.24) is 5.32 Å². The average molecular weight is 226 g/mol. The van der Waals surface area contributed by atoms with E-state index in [1.54, 1.807) is 6.92 Å². The zero-order valence-electron chi connectivity index (χ0n) is 9.20. The molecule has 1 atom stereocenters. The van der Waals surface area contributed by atoms with Crippen molar-refractivity contribution < 1.29 is 19.1 Å². The maximum atomic E-state index is 11.6. The monoisotopic (exact) mass is 226 g/mol. The zero-order valence-corrected chi connectivity index (χ0v) is 9.20. The van der Waals surface area contributed by atoms with Crippen LogP contribution in [0.1, 0.15) is 20.3 Å². The van der Waals surface area contributed by atoms with Gasteiger partial charge in [-0.05, 0) is 13.8 Å². The highest BCUT2D eigenvalue weighted by Gasteiger charge is 2.37. The van der Waals surface area contributed by atoms with Gasteiger partial charge in [-0.3, -0.25) is 14.9 Å². The highest BCUT2D eigenvalue weighted by atomic mass is 16.5. The van der Waals surface area contributed by atoms with E-state index in [0.717, 1.165) is 0 Å². The largest absolute Gasteiger partial charge is 0.463 e. The van der Waals surface area contributed by atoms with E-state index in [4.69, 9.17) is 10.5 Å². The molecular formula is C10H14N2O4. The number of hydrogen-bond donors (Lipinski definition) is 2. The quantitative estimate of drug-likeness (QED) is 0.382. The number of ether oxygens (including phenoxy) is 1. The first kappa shape index (κ1) is 12.2. The second kappa shape index (κ2) is 4.78. The van der Waals surface area contributed by atoms with Crippen LogP contribution in [-0.4, -0.2) is 24.4 Å². The molecule has 1 aliphatic rings. The molecule has 0 bridgehead atoms. The molecule has 1 rings (SSSR count). The Kier molecular flexibility index (Phi) is 3.65. The normalized spacial score (nSPS) is 21.5. The molecule has 2 amide bonds. The molecule has 0 aromatic carbocycles. The number of amides is 2. The molecule has 1 aliphatic heterocycles. The third kappa shape index (κ3) is 2.39. The van der Waals surface area contributed by atoms with Crippen LogP contribution in [0.25, 0.3) is 0 Å². The summed E-state index contributed by atoms with van der Waals surface area (Å²) >= 11 is 0. The molecule has 6 nitrogen and oxygen atoms in total. The Morgan fingerprint density at radius 3 is 2.56 bits per heavy atom. The summed E-state index contributed by atoms with van der Waals surface area (Å²) in [5, 5.41) is 2.12. The lowest BCUT2D eigenvalue weighted by Crippen LogP contribution is -2.27. The number of hydrogen-bond acceptors (Lipinski definition) is 5. The van der Waals surface area contributed by atoms with Gasteiger partial charge in [0.1, 0.15) is 0 Å². The molecule has 1 heterocycles. The van der Waals surface area contributed by atoms with Gasteiger partial charge in [-0.2, -0.15) is 0 Å². The summed E-state index contributed by atoms with van der Waals surface area (Å²) in [5.74, 6) is -2.37. The Labute approximate surface area is 92.8 Å². The van der Waals surface area contributed by atoms with Gasteiger partial charge >= 0.3 is 5.97 Å². The predicted molar refractivity (Wildman–Crippen MR) is 54.8 cm³/mol. The van der Waals surface area contributed by atoms with Crippen LogP contribution in [0.2, 0.25) is 0 Å². The molecule has 0 radical (unpaired) electrons. The van der Waals surface area contributed by atoms with E-state index in [-0.39, 0.29) is 24.3 Å². The number of allylic oxidation sites excluding steroid dienone is 1. The second-order valence-electron chi connectivity index (χ2n) is 3.49. The molecule has 1 unspecified atom stereocenters. The van der Waals surface area contributed by atoms with Gasteiger partial charge in [0.2, 0.25) is 11.8 Å². The van der Waals surface area contributed by atoms with E-state index in [2.05, 4.69) is 5.32 Å². The molecule has 0 aliphatic carbocycles. The van der Waals surface area contributed by atoms with Crippen molar-refractivity contribution >= 4 is 17.8 Å². The Hall–Kier alpha value is -1.85. The average Bonchev–Trinajstić information content (AvgIpc) is 2.45. The van der Waals surface area contributed by atoms with Gasteiger partial charge in [0, 0.05) is 12.1 Å². The maximum Gasteiger partial charge on any atom is 0.336 e. The van der Waals surface area contributed by atoms with Crippen LogP contribution in [0.5, 0.6) is 0 Å². The summed E-state index contributed by atoms with van der Waals surface area (Å²) in [4.78, 5) is 34.0. The molecular weight excluding hydrogens is 212 g/mol. The summed E-state index contributed by atoms with van der Waals surface area (Å²) in [6, 6.07) is 0. The number of nitrogens with two attached hydrogens (primary N) is 1. The standard InChI is InChI=1S/C10H14N2O4/c1-3-16-10(15)8(5(2)11)6-4-7(13)12-9(6)14/h6H,3-4,11H2,1-2H3,(H,12,13,14)/b8-5-. The topological polar surface area (TPSA) is 98.5 Å². The Morgan fingerprint density at radius 1 is 1.56 bits per heavy atom. The van der Waals surface area contributed by atoms with Crippen molar-refractivity contribution in [3.8, 4) is 0 Å². The number of rotatable bonds is 3. The number of imide groups is 1. The molecule has 0 saturated carbocycles. The van der Waals surface area contributed by atoms with Crippen LogP contribution in [0.15, 0.2) is 11.3 Å². The van der Waals surface area contributed by atoms with Gasteiger partial charge in [-0.25, -0.2) is 4.79 Å². The van der Waals surface area contributed by atoms with E-state index < -0.39 is 23.7 Å². The molecule has 1 saturated heterocycles. The van der Waals surface area contributed by atoms with Crippen molar-refractivity contribution in [2.24, 2.45) is 11.7 Å². The second-order valence-corrected chi connectivity index (χ2v) is 3.49. The van der Waals surface area contributed by atoms with E-state index >= 15 is 0 Å². The molecule has 6 heteroatoms. The highest BCUT2D eigenvalue weighted by Crippen LogP contribution is 2.23. The smallest absolute Gasteiger partial charge is 0.336 e. The van der Waals surface area contributed by atoms with Crippen molar-refractivity contribution in [2.45, 2.75) is 20.3 Å². The maximum absolute atomic E-state index is 11.6. The molecule has 0 aromatic heterocycles. The Bertz CT molecular complexity index is 369. The summed E-state index contributed by atoms with van der Waals surface area (Å²) in [5.41, 5.74) is 5.82. The van der Waals surface area contributed by atoms with E-state index in [0.29, 0.717) is 0 Å². The number of esters is 1. The minimum atomic E-state index is -0.823. The third-order valence-corrected chi connectivity index (χ3v) is 2.24. The fraction of sp³-hybridized carbons (Fsp3) is 0.500. The van der Waals surface area contributed by atoms with Gasteiger partial charge in [0.15, 0.2) is 0 Å². The van der Waals surface area contributed by atoms with Crippen LogP contribution in [0.3, 0.4) is 0 Å². The third-order valence-electron chi connectivity index (χ3n) is 2.24. The first-order chi connectivity index (χ1) is 7.47. The van der Waals surface area contributed by atoms with E-state index in [1.165, 1.54) is 6.92 Å². The first-order valence-electron chi connectivity index (χ1n) is 4.94. The molecule has 16 heavy (non-hydrogen) atoms. The van der Waals surface area contributed by atoms with Crippen molar-refractivity contribution in [2.75, 3.05) is 6.61 Å². The summed E-state index contributed by atoms with van der Waals surface area (Å²) in [6.45, 7) is 3.35. The van der Waals surface area contributed by atoms with Gasteiger partial charge in [-0.15, -0.1) is 0 Å². The van der Waals surface area contributed by atoms with Crippen LogP contribution < -0.4 is 11.1 Å². The molecule has 0 spiro atoms.